The first-order valence-corrected chi connectivity index (χ1v) is 7.73. The van der Waals surface area contributed by atoms with Crippen molar-refractivity contribution >= 4 is 15.8 Å². The molecule has 0 saturated carbocycles. The van der Waals surface area contributed by atoms with Gasteiger partial charge in [0.1, 0.15) is 10.7 Å². The minimum Gasteiger partial charge on any atom is -0.383 e. The third-order valence-corrected chi connectivity index (χ3v) is 5.43. The van der Waals surface area contributed by atoms with Crippen molar-refractivity contribution in [2.24, 2.45) is 0 Å². The van der Waals surface area contributed by atoms with Gasteiger partial charge in [-0.05, 0) is 31.4 Å². The zero-order valence-electron chi connectivity index (χ0n) is 10.5. The molecule has 18 heavy (non-hydrogen) atoms. The predicted molar refractivity (Wildman–Crippen MR) is 70.5 cm³/mol. The molecule has 2 N–H and O–H groups in total. The maximum atomic E-state index is 12.6. The molecule has 0 aromatic carbocycles. The minimum atomic E-state index is -3.51. The minimum absolute atomic E-state index is 0.0814. The third kappa shape index (κ3) is 2.35. The highest BCUT2D eigenvalue weighted by atomic mass is 32.2. The van der Waals surface area contributed by atoms with Gasteiger partial charge in [0.15, 0.2) is 0 Å². The van der Waals surface area contributed by atoms with E-state index in [-0.39, 0.29) is 16.8 Å². The summed E-state index contributed by atoms with van der Waals surface area (Å²) in [5, 5.41) is 0. The van der Waals surface area contributed by atoms with Crippen molar-refractivity contribution in [3.05, 3.63) is 18.3 Å². The van der Waals surface area contributed by atoms with Crippen molar-refractivity contribution in [3.63, 3.8) is 0 Å². The van der Waals surface area contributed by atoms with Crippen LogP contribution in [0, 0.1) is 0 Å². The summed E-state index contributed by atoms with van der Waals surface area (Å²) in [6, 6.07) is 3.22. The zero-order valence-corrected chi connectivity index (χ0v) is 11.4. The number of aromatic nitrogens is 1. The Morgan fingerprint density at radius 3 is 2.94 bits per heavy atom. The van der Waals surface area contributed by atoms with Crippen molar-refractivity contribution in [1.82, 2.24) is 9.29 Å². The normalized spacial score (nSPS) is 21.9. The Labute approximate surface area is 108 Å². The smallest absolute Gasteiger partial charge is 0.246 e. The Hall–Kier alpha value is -1.14. The largest absolute Gasteiger partial charge is 0.383 e. The Bertz CT molecular complexity index is 516. The lowest BCUT2D eigenvalue weighted by Gasteiger charge is -2.34. The van der Waals surface area contributed by atoms with Crippen LogP contribution in [0.25, 0.3) is 0 Å². The number of pyridine rings is 1. The fraction of sp³-hybridized carbons (Fsp3) is 0.583. The number of hydrogen-bond acceptors (Lipinski definition) is 4. The van der Waals surface area contributed by atoms with Crippen molar-refractivity contribution in [2.45, 2.75) is 43.5 Å². The molecule has 2 rings (SSSR count). The molecule has 100 valence electrons. The first kappa shape index (κ1) is 13.3. The van der Waals surface area contributed by atoms with Crippen LogP contribution in [0.4, 0.5) is 5.82 Å². The van der Waals surface area contributed by atoms with Crippen LogP contribution in [0.2, 0.25) is 0 Å². The van der Waals surface area contributed by atoms with Gasteiger partial charge in [-0.15, -0.1) is 0 Å². The first-order valence-electron chi connectivity index (χ1n) is 6.29. The van der Waals surface area contributed by atoms with E-state index in [4.69, 9.17) is 5.73 Å². The fourth-order valence-corrected chi connectivity index (χ4v) is 4.28. The van der Waals surface area contributed by atoms with Crippen molar-refractivity contribution in [1.29, 1.82) is 0 Å². The molecule has 0 radical (unpaired) electrons. The molecule has 0 aliphatic carbocycles. The summed E-state index contributed by atoms with van der Waals surface area (Å²) in [5.74, 6) is 0.0814. The quantitative estimate of drug-likeness (QED) is 0.904. The van der Waals surface area contributed by atoms with Crippen molar-refractivity contribution in [3.8, 4) is 0 Å². The van der Waals surface area contributed by atoms with Crippen LogP contribution in [-0.4, -0.2) is 30.3 Å². The van der Waals surface area contributed by atoms with Crippen LogP contribution >= 0.6 is 0 Å². The second kappa shape index (κ2) is 5.24. The lowest BCUT2D eigenvalue weighted by atomic mass is 10.0. The average Bonchev–Trinajstić information content (AvgIpc) is 2.39. The van der Waals surface area contributed by atoms with E-state index in [1.54, 1.807) is 10.4 Å². The Morgan fingerprint density at radius 1 is 1.50 bits per heavy atom. The summed E-state index contributed by atoms with van der Waals surface area (Å²) in [6.07, 6.45) is 5.26. The zero-order chi connectivity index (χ0) is 13.2. The number of nitrogen functional groups attached to an aromatic ring is 1. The molecule has 1 saturated heterocycles. The molecular weight excluding hydrogens is 250 g/mol. The molecule has 1 unspecified atom stereocenters. The Morgan fingerprint density at radius 2 is 2.28 bits per heavy atom. The van der Waals surface area contributed by atoms with E-state index in [2.05, 4.69) is 4.98 Å². The molecule has 2 heterocycles. The van der Waals surface area contributed by atoms with Gasteiger partial charge >= 0.3 is 0 Å². The summed E-state index contributed by atoms with van der Waals surface area (Å²) < 4.78 is 26.8. The number of rotatable bonds is 3. The fourth-order valence-electron chi connectivity index (χ4n) is 2.45. The van der Waals surface area contributed by atoms with Crippen molar-refractivity contribution in [2.75, 3.05) is 12.3 Å². The van der Waals surface area contributed by atoms with E-state index in [0.29, 0.717) is 6.54 Å². The van der Waals surface area contributed by atoms with Crippen LogP contribution in [0.3, 0.4) is 0 Å². The van der Waals surface area contributed by atoms with Gasteiger partial charge in [0, 0.05) is 18.8 Å². The summed E-state index contributed by atoms with van der Waals surface area (Å²) in [4.78, 5) is 3.99. The molecule has 1 aliphatic rings. The van der Waals surface area contributed by atoms with Gasteiger partial charge in [0.05, 0.1) is 0 Å². The van der Waals surface area contributed by atoms with E-state index in [0.717, 1.165) is 25.7 Å². The molecule has 5 nitrogen and oxygen atoms in total. The SMILES string of the molecule is CCC1CCCCN1S(=O)(=O)c1cccnc1N. The number of piperidine rings is 1. The number of anilines is 1. The van der Waals surface area contributed by atoms with E-state index in [1.165, 1.54) is 12.3 Å². The first-order chi connectivity index (χ1) is 8.57. The molecule has 0 amide bonds. The molecule has 1 aromatic heterocycles. The van der Waals surface area contributed by atoms with E-state index >= 15 is 0 Å². The molecule has 1 aliphatic heterocycles. The Balaban J connectivity index is 2.39. The van der Waals surface area contributed by atoms with Gasteiger partial charge in [-0.2, -0.15) is 4.31 Å². The summed E-state index contributed by atoms with van der Waals surface area (Å²) in [6.45, 7) is 2.60. The highest BCUT2D eigenvalue weighted by Crippen LogP contribution is 2.28. The van der Waals surface area contributed by atoms with Crippen LogP contribution in [-0.2, 0) is 10.0 Å². The number of sulfonamides is 1. The lowest BCUT2D eigenvalue weighted by molar-refractivity contribution is 0.246. The van der Waals surface area contributed by atoms with Gasteiger partial charge in [-0.1, -0.05) is 13.3 Å². The average molecular weight is 269 g/mol. The van der Waals surface area contributed by atoms with E-state index < -0.39 is 10.0 Å². The molecule has 0 bridgehead atoms. The lowest BCUT2D eigenvalue weighted by Crippen LogP contribution is -2.43. The van der Waals surface area contributed by atoms with E-state index in [1.807, 2.05) is 6.92 Å². The van der Waals surface area contributed by atoms with Gasteiger partial charge in [-0.3, -0.25) is 0 Å². The van der Waals surface area contributed by atoms with Crippen molar-refractivity contribution < 1.29 is 8.42 Å². The van der Waals surface area contributed by atoms with Gasteiger partial charge in [0.25, 0.3) is 0 Å². The maximum Gasteiger partial charge on any atom is 0.246 e. The second-order valence-corrected chi connectivity index (χ2v) is 6.42. The summed E-state index contributed by atoms with van der Waals surface area (Å²) >= 11 is 0. The summed E-state index contributed by atoms with van der Waals surface area (Å²) in [7, 11) is -3.51. The number of nitrogens with zero attached hydrogens (tertiary/aromatic N) is 2. The highest BCUT2D eigenvalue weighted by molar-refractivity contribution is 7.89. The molecule has 1 fully saturated rings. The third-order valence-electron chi connectivity index (χ3n) is 3.43. The molecular formula is C12H19N3O2S. The molecule has 1 atom stereocenters. The molecule has 6 heteroatoms. The van der Waals surface area contributed by atoms with Gasteiger partial charge in [-0.25, -0.2) is 13.4 Å². The summed E-state index contributed by atoms with van der Waals surface area (Å²) in [5.41, 5.74) is 5.68. The van der Waals surface area contributed by atoms with Crippen LogP contribution < -0.4 is 5.73 Å². The van der Waals surface area contributed by atoms with Gasteiger partial charge < -0.3 is 5.73 Å². The standard InChI is InChI=1S/C12H19N3O2S/c1-2-10-6-3-4-9-15(10)18(16,17)11-7-5-8-14-12(11)13/h5,7-8,10H,2-4,6,9H2,1H3,(H2,13,14). The van der Waals surface area contributed by atoms with Crippen LogP contribution in [0.1, 0.15) is 32.6 Å². The monoisotopic (exact) mass is 269 g/mol. The topological polar surface area (TPSA) is 76.3 Å². The number of hydrogen-bond donors (Lipinski definition) is 1. The van der Waals surface area contributed by atoms with Crippen LogP contribution in [0.15, 0.2) is 23.2 Å². The van der Waals surface area contributed by atoms with Crippen LogP contribution in [0.5, 0.6) is 0 Å². The Kier molecular flexibility index (Phi) is 3.87. The molecule has 1 aromatic rings. The highest BCUT2D eigenvalue weighted by Gasteiger charge is 2.33. The van der Waals surface area contributed by atoms with Gasteiger partial charge in [0.2, 0.25) is 10.0 Å². The second-order valence-electron chi connectivity index (χ2n) is 4.56. The molecule has 0 spiro atoms. The maximum absolute atomic E-state index is 12.6. The van der Waals surface area contributed by atoms with E-state index in [9.17, 15) is 8.42 Å². The predicted octanol–water partition coefficient (Wildman–Crippen LogP) is 1.62. The number of nitrogens with two attached hydrogens (primary N) is 1.